The van der Waals surface area contributed by atoms with Gasteiger partial charge in [0.15, 0.2) is 0 Å². The Morgan fingerprint density at radius 3 is 2.22 bits per heavy atom. The van der Waals surface area contributed by atoms with Crippen molar-refractivity contribution in [3.05, 3.63) is 60.7 Å². The van der Waals surface area contributed by atoms with E-state index in [4.69, 9.17) is 4.99 Å². The lowest BCUT2D eigenvalue weighted by Gasteiger charge is -2.18. The van der Waals surface area contributed by atoms with Gasteiger partial charge in [-0.2, -0.15) is 0 Å². The van der Waals surface area contributed by atoms with Crippen LogP contribution in [-0.2, 0) is 0 Å². The summed E-state index contributed by atoms with van der Waals surface area (Å²) in [5, 5.41) is 0. The average molecular weight is 236 g/mol. The highest BCUT2D eigenvalue weighted by molar-refractivity contribution is 6.01. The molecule has 1 aliphatic rings. The number of amidine groups is 1. The number of anilines is 1. The third-order valence-electron chi connectivity index (χ3n) is 3.18. The van der Waals surface area contributed by atoms with Gasteiger partial charge in [-0.05, 0) is 30.7 Å². The molecule has 0 aliphatic carbocycles. The predicted octanol–water partition coefficient (Wildman–Crippen LogP) is 4.02. The number of para-hydroxylation sites is 2. The molecule has 1 saturated heterocycles. The van der Waals surface area contributed by atoms with Gasteiger partial charge >= 0.3 is 0 Å². The Morgan fingerprint density at radius 2 is 1.50 bits per heavy atom. The zero-order chi connectivity index (χ0) is 12.2. The summed E-state index contributed by atoms with van der Waals surface area (Å²) in [6.45, 7) is 1.07. The molecule has 18 heavy (non-hydrogen) atoms. The van der Waals surface area contributed by atoms with E-state index in [0.717, 1.165) is 18.7 Å². The Hall–Kier alpha value is -2.09. The van der Waals surface area contributed by atoms with E-state index in [0.29, 0.717) is 0 Å². The molecular weight excluding hydrogens is 220 g/mol. The molecule has 0 saturated carbocycles. The highest BCUT2D eigenvalue weighted by Gasteiger charge is 2.19. The summed E-state index contributed by atoms with van der Waals surface area (Å²) >= 11 is 0. The maximum Gasteiger partial charge on any atom is 0.109 e. The molecular formula is C16H16N2. The van der Waals surface area contributed by atoms with Gasteiger partial charge in [0.05, 0.1) is 5.69 Å². The van der Waals surface area contributed by atoms with Crippen LogP contribution in [0, 0.1) is 0 Å². The molecule has 2 aromatic carbocycles. The third kappa shape index (κ3) is 2.28. The van der Waals surface area contributed by atoms with Gasteiger partial charge in [0, 0.05) is 18.7 Å². The molecule has 2 nitrogen and oxygen atoms in total. The standard InChI is InChI=1S/C16H16N2/c1-3-8-14(9-4-1)17-16-12-7-13-18(16)15-10-5-2-6-11-15/h1-6,8-11H,7,12-13H2/b17-16-. The van der Waals surface area contributed by atoms with Crippen LogP contribution in [0.3, 0.4) is 0 Å². The summed E-state index contributed by atoms with van der Waals surface area (Å²) in [5.41, 5.74) is 2.28. The lowest BCUT2D eigenvalue weighted by molar-refractivity contribution is 0.956. The number of benzene rings is 2. The van der Waals surface area contributed by atoms with Crippen molar-refractivity contribution >= 4 is 17.2 Å². The summed E-state index contributed by atoms with van der Waals surface area (Å²) in [4.78, 5) is 7.07. The molecule has 1 fully saturated rings. The number of hydrogen-bond donors (Lipinski definition) is 0. The van der Waals surface area contributed by atoms with Gasteiger partial charge in [-0.15, -0.1) is 0 Å². The fraction of sp³-hybridized carbons (Fsp3) is 0.188. The molecule has 2 heteroatoms. The van der Waals surface area contributed by atoms with E-state index in [1.165, 1.54) is 17.9 Å². The lowest BCUT2D eigenvalue weighted by atomic mass is 10.3. The highest BCUT2D eigenvalue weighted by Crippen LogP contribution is 2.24. The van der Waals surface area contributed by atoms with Crippen LogP contribution in [-0.4, -0.2) is 12.4 Å². The molecule has 1 aliphatic heterocycles. The Labute approximate surface area is 108 Å². The van der Waals surface area contributed by atoms with Crippen LogP contribution in [0.15, 0.2) is 65.7 Å². The van der Waals surface area contributed by atoms with Crippen LogP contribution < -0.4 is 4.90 Å². The van der Waals surface area contributed by atoms with Crippen LogP contribution in [0.25, 0.3) is 0 Å². The Balaban J connectivity index is 1.90. The summed E-state index contributed by atoms with van der Waals surface area (Å²) in [5.74, 6) is 1.17. The molecule has 0 atom stereocenters. The smallest absolute Gasteiger partial charge is 0.109 e. The van der Waals surface area contributed by atoms with Gasteiger partial charge in [0.1, 0.15) is 5.84 Å². The number of aliphatic imine (C=N–C) groups is 1. The molecule has 0 amide bonds. The fourth-order valence-electron chi connectivity index (χ4n) is 2.31. The minimum Gasteiger partial charge on any atom is -0.330 e. The zero-order valence-electron chi connectivity index (χ0n) is 10.3. The van der Waals surface area contributed by atoms with Crippen molar-refractivity contribution in [2.75, 3.05) is 11.4 Å². The third-order valence-corrected chi connectivity index (χ3v) is 3.18. The maximum atomic E-state index is 4.76. The van der Waals surface area contributed by atoms with Gasteiger partial charge < -0.3 is 4.90 Å². The monoisotopic (exact) mass is 236 g/mol. The van der Waals surface area contributed by atoms with E-state index in [-0.39, 0.29) is 0 Å². The molecule has 0 unspecified atom stereocenters. The van der Waals surface area contributed by atoms with Crippen molar-refractivity contribution in [2.45, 2.75) is 12.8 Å². The van der Waals surface area contributed by atoms with Crippen molar-refractivity contribution in [1.29, 1.82) is 0 Å². The molecule has 1 heterocycles. The van der Waals surface area contributed by atoms with E-state index in [1.807, 2.05) is 24.3 Å². The minimum atomic E-state index is 1.04. The molecule has 3 rings (SSSR count). The van der Waals surface area contributed by atoms with E-state index < -0.39 is 0 Å². The zero-order valence-corrected chi connectivity index (χ0v) is 10.3. The van der Waals surface area contributed by atoms with Gasteiger partial charge in [-0.25, -0.2) is 4.99 Å². The van der Waals surface area contributed by atoms with Gasteiger partial charge in [-0.3, -0.25) is 0 Å². The maximum absolute atomic E-state index is 4.76. The van der Waals surface area contributed by atoms with E-state index >= 15 is 0 Å². The first-order chi connectivity index (χ1) is 8.93. The molecule has 90 valence electrons. The van der Waals surface area contributed by atoms with Crippen LogP contribution in [0.2, 0.25) is 0 Å². The van der Waals surface area contributed by atoms with Crippen LogP contribution >= 0.6 is 0 Å². The van der Waals surface area contributed by atoms with Crippen molar-refractivity contribution in [3.8, 4) is 0 Å². The van der Waals surface area contributed by atoms with E-state index in [2.05, 4.69) is 41.3 Å². The quantitative estimate of drug-likeness (QED) is 0.769. The van der Waals surface area contributed by atoms with Crippen molar-refractivity contribution in [3.63, 3.8) is 0 Å². The SMILES string of the molecule is c1ccc(/N=C2/CCCN2c2ccccc2)cc1. The Bertz CT molecular complexity index is 532. The number of rotatable bonds is 2. The number of nitrogens with zero attached hydrogens (tertiary/aromatic N) is 2. The first kappa shape index (κ1) is 11.0. The molecule has 0 spiro atoms. The second-order valence-corrected chi connectivity index (χ2v) is 4.45. The molecule has 0 aromatic heterocycles. The van der Waals surface area contributed by atoms with Crippen LogP contribution in [0.5, 0.6) is 0 Å². The van der Waals surface area contributed by atoms with Gasteiger partial charge in [0.25, 0.3) is 0 Å². The average Bonchev–Trinajstić information content (AvgIpc) is 2.89. The predicted molar refractivity (Wildman–Crippen MR) is 76.6 cm³/mol. The molecule has 0 bridgehead atoms. The first-order valence-corrected chi connectivity index (χ1v) is 6.39. The number of hydrogen-bond acceptors (Lipinski definition) is 1. The van der Waals surface area contributed by atoms with Crippen molar-refractivity contribution in [2.24, 2.45) is 4.99 Å². The van der Waals surface area contributed by atoms with Gasteiger partial charge in [-0.1, -0.05) is 36.4 Å². The van der Waals surface area contributed by atoms with Crippen molar-refractivity contribution < 1.29 is 0 Å². The topological polar surface area (TPSA) is 15.6 Å². The molecule has 0 radical (unpaired) electrons. The Morgan fingerprint density at radius 1 is 0.833 bits per heavy atom. The molecule has 0 N–H and O–H groups in total. The normalized spacial score (nSPS) is 17.3. The van der Waals surface area contributed by atoms with Crippen molar-refractivity contribution in [1.82, 2.24) is 0 Å². The highest BCUT2D eigenvalue weighted by atomic mass is 15.2. The summed E-state index contributed by atoms with van der Waals surface area (Å²) in [7, 11) is 0. The minimum absolute atomic E-state index is 1.04. The van der Waals surface area contributed by atoms with Crippen LogP contribution in [0.1, 0.15) is 12.8 Å². The summed E-state index contributed by atoms with van der Waals surface area (Å²) in [6, 6.07) is 20.7. The second kappa shape index (κ2) is 5.05. The Kier molecular flexibility index (Phi) is 3.09. The lowest BCUT2D eigenvalue weighted by Crippen LogP contribution is -2.23. The first-order valence-electron chi connectivity index (χ1n) is 6.39. The van der Waals surface area contributed by atoms with Gasteiger partial charge in [0.2, 0.25) is 0 Å². The van der Waals surface area contributed by atoms with E-state index in [1.54, 1.807) is 0 Å². The fourth-order valence-corrected chi connectivity index (χ4v) is 2.31. The summed E-state index contributed by atoms with van der Waals surface area (Å²) in [6.07, 6.45) is 2.24. The summed E-state index contributed by atoms with van der Waals surface area (Å²) < 4.78 is 0. The second-order valence-electron chi connectivity index (χ2n) is 4.45. The van der Waals surface area contributed by atoms with E-state index in [9.17, 15) is 0 Å². The largest absolute Gasteiger partial charge is 0.330 e. The van der Waals surface area contributed by atoms with Crippen LogP contribution in [0.4, 0.5) is 11.4 Å². The molecule has 2 aromatic rings.